The van der Waals surface area contributed by atoms with E-state index in [1.165, 1.54) is 0 Å². The van der Waals surface area contributed by atoms with Gasteiger partial charge in [0, 0.05) is 19.6 Å². The second-order valence-electron chi connectivity index (χ2n) is 4.95. The molecule has 1 heterocycles. The molecule has 0 radical (unpaired) electrons. The van der Waals surface area contributed by atoms with Crippen molar-refractivity contribution in [3.63, 3.8) is 0 Å². The summed E-state index contributed by atoms with van der Waals surface area (Å²) < 4.78 is 27.0. The lowest BCUT2D eigenvalue weighted by atomic mass is 10.1. The molecule has 2 rings (SSSR count). The largest absolute Gasteiger partial charge is 0.384 e. The lowest BCUT2D eigenvalue weighted by Gasteiger charge is -2.19. The Morgan fingerprint density at radius 1 is 1.32 bits per heavy atom. The Labute approximate surface area is 115 Å². The van der Waals surface area contributed by atoms with Gasteiger partial charge in [0.1, 0.15) is 4.90 Å². The average molecular weight is 282 g/mol. The van der Waals surface area contributed by atoms with Crippen molar-refractivity contribution in [1.82, 2.24) is 4.31 Å². The van der Waals surface area contributed by atoms with Crippen LogP contribution in [0.15, 0.2) is 29.2 Å². The predicted octanol–water partition coefficient (Wildman–Crippen LogP) is 2.54. The molecule has 1 N–H and O–H groups in total. The van der Waals surface area contributed by atoms with E-state index in [4.69, 9.17) is 0 Å². The maximum Gasteiger partial charge on any atom is 0.245 e. The maximum atomic E-state index is 12.7. The third-order valence-corrected chi connectivity index (χ3v) is 5.62. The molecule has 0 aromatic heterocycles. The van der Waals surface area contributed by atoms with E-state index < -0.39 is 10.0 Å². The summed E-state index contributed by atoms with van der Waals surface area (Å²) in [5.74, 6) is 0.501. The minimum absolute atomic E-state index is 0.397. The number of sulfonamides is 1. The van der Waals surface area contributed by atoms with Crippen LogP contribution in [0.25, 0.3) is 0 Å². The summed E-state index contributed by atoms with van der Waals surface area (Å²) in [5, 5.41) is 3.13. The molecule has 1 fully saturated rings. The first-order valence-corrected chi connectivity index (χ1v) is 8.36. The Morgan fingerprint density at radius 3 is 2.68 bits per heavy atom. The molecule has 1 aliphatic rings. The first-order chi connectivity index (χ1) is 9.09. The second-order valence-corrected chi connectivity index (χ2v) is 6.86. The highest BCUT2D eigenvalue weighted by Gasteiger charge is 2.32. The smallest absolute Gasteiger partial charge is 0.245 e. The average Bonchev–Trinajstić information content (AvgIpc) is 2.89. The van der Waals surface area contributed by atoms with Crippen LogP contribution in [0.1, 0.15) is 26.7 Å². The van der Waals surface area contributed by atoms with E-state index in [0.29, 0.717) is 36.1 Å². The molecule has 0 bridgehead atoms. The molecule has 0 spiro atoms. The number of nitrogens with one attached hydrogen (secondary N) is 1. The Bertz CT molecular complexity index is 528. The molecule has 19 heavy (non-hydrogen) atoms. The highest BCUT2D eigenvalue weighted by Crippen LogP contribution is 2.29. The summed E-state index contributed by atoms with van der Waals surface area (Å²) in [5.41, 5.74) is 0.699. The quantitative estimate of drug-likeness (QED) is 0.903. The third-order valence-electron chi connectivity index (χ3n) is 3.70. The van der Waals surface area contributed by atoms with Crippen molar-refractivity contribution in [3.05, 3.63) is 24.3 Å². The lowest BCUT2D eigenvalue weighted by Crippen LogP contribution is -2.29. The molecule has 5 heteroatoms. The van der Waals surface area contributed by atoms with Crippen LogP contribution >= 0.6 is 0 Å². The number of nitrogens with zero attached hydrogens (tertiary/aromatic N) is 1. The summed E-state index contributed by atoms with van der Waals surface area (Å²) in [6.07, 6.45) is 2.01. The minimum Gasteiger partial charge on any atom is -0.384 e. The van der Waals surface area contributed by atoms with Crippen molar-refractivity contribution in [2.75, 3.05) is 25.0 Å². The molecule has 1 aromatic rings. The van der Waals surface area contributed by atoms with Gasteiger partial charge in [0.15, 0.2) is 0 Å². The molecule has 4 nitrogen and oxygen atoms in total. The van der Waals surface area contributed by atoms with Crippen LogP contribution in [0.4, 0.5) is 5.69 Å². The Morgan fingerprint density at radius 2 is 2.05 bits per heavy atom. The zero-order valence-corrected chi connectivity index (χ0v) is 12.4. The molecule has 1 aromatic carbocycles. The van der Waals surface area contributed by atoms with Gasteiger partial charge in [-0.15, -0.1) is 0 Å². The summed E-state index contributed by atoms with van der Waals surface area (Å²) in [6, 6.07) is 7.15. The number of hydrogen-bond donors (Lipinski definition) is 1. The van der Waals surface area contributed by atoms with E-state index in [0.717, 1.165) is 12.8 Å². The minimum atomic E-state index is -3.36. The van der Waals surface area contributed by atoms with Crippen molar-refractivity contribution in [2.45, 2.75) is 31.6 Å². The number of para-hydroxylation sites is 1. The molecule has 106 valence electrons. The number of benzene rings is 1. The molecular formula is C14H22N2O2S. The molecule has 1 unspecified atom stereocenters. The van der Waals surface area contributed by atoms with Crippen molar-refractivity contribution in [2.24, 2.45) is 5.92 Å². The van der Waals surface area contributed by atoms with Crippen LogP contribution in [-0.4, -0.2) is 32.4 Å². The zero-order chi connectivity index (χ0) is 13.9. The first-order valence-electron chi connectivity index (χ1n) is 6.92. The van der Waals surface area contributed by atoms with Crippen molar-refractivity contribution >= 4 is 15.7 Å². The Hall–Kier alpha value is -1.07. The maximum absolute atomic E-state index is 12.7. The van der Waals surface area contributed by atoms with Crippen LogP contribution < -0.4 is 5.32 Å². The van der Waals surface area contributed by atoms with Crippen LogP contribution in [-0.2, 0) is 10.0 Å². The topological polar surface area (TPSA) is 49.4 Å². The van der Waals surface area contributed by atoms with E-state index in [9.17, 15) is 8.42 Å². The van der Waals surface area contributed by atoms with E-state index >= 15 is 0 Å². The zero-order valence-electron chi connectivity index (χ0n) is 11.6. The fourth-order valence-corrected chi connectivity index (χ4v) is 4.22. The van der Waals surface area contributed by atoms with E-state index in [1.807, 2.05) is 19.1 Å². The Balaban J connectivity index is 2.30. The van der Waals surface area contributed by atoms with E-state index in [-0.39, 0.29) is 0 Å². The van der Waals surface area contributed by atoms with Crippen molar-refractivity contribution in [1.29, 1.82) is 0 Å². The summed E-state index contributed by atoms with van der Waals surface area (Å²) in [4.78, 5) is 0.397. The monoisotopic (exact) mass is 282 g/mol. The van der Waals surface area contributed by atoms with Crippen molar-refractivity contribution < 1.29 is 8.42 Å². The molecular weight excluding hydrogens is 260 g/mol. The lowest BCUT2D eigenvalue weighted by molar-refractivity contribution is 0.453. The summed E-state index contributed by atoms with van der Waals surface area (Å²) in [6.45, 7) is 6.09. The van der Waals surface area contributed by atoms with Crippen LogP contribution in [0, 0.1) is 5.92 Å². The second kappa shape index (κ2) is 5.92. The summed E-state index contributed by atoms with van der Waals surface area (Å²) >= 11 is 0. The fourth-order valence-electron chi connectivity index (χ4n) is 2.52. The highest BCUT2D eigenvalue weighted by atomic mass is 32.2. The first kappa shape index (κ1) is 14.3. The van der Waals surface area contributed by atoms with Gasteiger partial charge in [0.2, 0.25) is 10.0 Å². The van der Waals surface area contributed by atoms with Gasteiger partial charge in [-0.1, -0.05) is 25.5 Å². The van der Waals surface area contributed by atoms with Crippen LogP contribution in [0.5, 0.6) is 0 Å². The molecule has 0 saturated carbocycles. The molecule has 1 aliphatic heterocycles. The number of anilines is 1. The highest BCUT2D eigenvalue weighted by molar-refractivity contribution is 7.89. The van der Waals surface area contributed by atoms with E-state index in [2.05, 4.69) is 12.2 Å². The van der Waals surface area contributed by atoms with E-state index in [1.54, 1.807) is 16.4 Å². The molecule has 1 atom stereocenters. The van der Waals surface area contributed by atoms with Gasteiger partial charge >= 0.3 is 0 Å². The standard InChI is InChI=1S/C14H22N2O2S/c1-3-12-9-10-16(11-12)19(17,18)14-8-6-5-7-13(14)15-4-2/h5-8,12,15H,3-4,9-11H2,1-2H3. The van der Waals surface area contributed by atoms with Gasteiger partial charge in [-0.05, 0) is 31.4 Å². The van der Waals surface area contributed by atoms with Gasteiger partial charge in [0.05, 0.1) is 5.69 Å². The van der Waals surface area contributed by atoms with Gasteiger partial charge in [-0.3, -0.25) is 0 Å². The van der Waals surface area contributed by atoms with Gasteiger partial charge in [-0.2, -0.15) is 4.31 Å². The molecule has 0 amide bonds. The number of hydrogen-bond acceptors (Lipinski definition) is 3. The van der Waals surface area contributed by atoms with Crippen molar-refractivity contribution in [3.8, 4) is 0 Å². The molecule has 0 aliphatic carbocycles. The SMILES string of the molecule is CCNc1ccccc1S(=O)(=O)N1CCC(CC)C1. The normalized spacial score (nSPS) is 20.6. The van der Waals surface area contributed by atoms with Gasteiger partial charge in [-0.25, -0.2) is 8.42 Å². The predicted molar refractivity (Wildman–Crippen MR) is 77.8 cm³/mol. The van der Waals surface area contributed by atoms with Gasteiger partial charge < -0.3 is 5.32 Å². The van der Waals surface area contributed by atoms with Gasteiger partial charge in [0.25, 0.3) is 0 Å². The third kappa shape index (κ3) is 2.92. The molecule has 1 saturated heterocycles. The fraction of sp³-hybridized carbons (Fsp3) is 0.571. The Kier molecular flexibility index (Phi) is 4.47. The number of rotatable bonds is 5. The van der Waals surface area contributed by atoms with Crippen LogP contribution in [0.3, 0.4) is 0 Å². The summed E-state index contributed by atoms with van der Waals surface area (Å²) in [7, 11) is -3.36. The van der Waals surface area contributed by atoms with Crippen LogP contribution in [0.2, 0.25) is 0 Å².